The topological polar surface area (TPSA) is 29.5 Å². The Morgan fingerprint density at radius 1 is 1.27 bits per heavy atom. The van der Waals surface area contributed by atoms with Gasteiger partial charge in [0.05, 0.1) is 12.0 Å². The van der Waals surface area contributed by atoms with Crippen molar-refractivity contribution in [3.63, 3.8) is 0 Å². The fourth-order valence-electron chi connectivity index (χ4n) is 4.15. The van der Waals surface area contributed by atoms with E-state index in [9.17, 15) is 4.79 Å². The highest BCUT2D eigenvalue weighted by molar-refractivity contribution is 6.30. The Kier molecular flexibility index (Phi) is 4.47. The number of halogens is 1. The third-order valence-corrected chi connectivity index (χ3v) is 5.44. The summed E-state index contributed by atoms with van der Waals surface area (Å²) in [7, 11) is 2.15. The summed E-state index contributed by atoms with van der Waals surface area (Å²) < 4.78 is 5.57. The number of esters is 1. The van der Waals surface area contributed by atoms with Crippen LogP contribution in [-0.2, 0) is 9.53 Å². The first-order valence-electron chi connectivity index (χ1n) is 8.15. The third kappa shape index (κ3) is 2.89. The van der Waals surface area contributed by atoms with E-state index in [0.29, 0.717) is 12.1 Å². The van der Waals surface area contributed by atoms with E-state index in [1.165, 1.54) is 12.0 Å². The number of ether oxygens (including phenoxy) is 1. The molecule has 2 bridgehead atoms. The second-order valence-corrected chi connectivity index (χ2v) is 7.31. The van der Waals surface area contributed by atoms with Gasteiger partial charge in [-0.2, -0.15) is 0 Å². The fourth-order valence-corrected chi connectivity index (χ4v) is 4.28. The number of hydrogen-bond donors (Lipinski definition) is 0. The minimum Gasteiger partial charge on any atom is -0.463 e. The van der Waals surface area contributed by atoms with Crippen LogP contribution in [0.3, 0.4) is 0 Å². The van der Waals surface area contributed by atoms with Gasteiger partial charge in [-0.3, -0.25) is 9.69 Å². The zero-order valence-corrected chi connectivity index (χ0v) is 14.2. The van der Waals surface area contributed by atoms with Gasteiger partial charge in [0.1, 0.15) is 0 Å². The first kappa shape index (κ1) is 15.8. The van der Waals surface area contributed by atoms with Crippen LogP contribution in [-0.4, -0.2) is 36.1 Å². The summed E-state index contributed by atoms with van der Waals surface area (Å²) in [5, 5.41) is 0.737. The summed E-state index contributed by atoms with van der Waals surface area (Å²) in [4.78, 5) is 15.1. The van der Waals surface area contributed by atoms with Gasteiger partial charge in [0.25, 0.3) is 0 Å². The molecule has 4 atom stereocenters. The zero-order valence-electron chi connectivity index (χ0n) is 13.5. The predicted molar refractivity (Wildman–Crippen MR) is 88.1 cm³/mol. The van der Waals surface area contributed by atoms with Crippen LogP contribution in [0.1, 0.15) is 44.6 Å². The van der Waals surface area contributed by atoms with Crippen molar-refractivity contribution in [3.05, 3.63) is 34.9 Å². The molecule has 0 spiro atoms. The van der Waals surface area contributed by atoms with Gasteiger partial charge >= 0.3 is 5.97 Å². The second-order valence-electron chi connectivity index (χ2n) is 6.87. The number of nitrogens with zero attached hydrogens (tertiary/aromatic N) is 1. The van der Waals surface area contributed by atoms with Gasteiger partial charge in [0, 0.05) is 23.0 Å². The molecular weight excluding hydrogens is 298 g/mol. The highest BCUT2D eigenvalue weighted by Crippen LogP contribution is 2.46. The SMILES string of the molecule is CC(C)OC(=O)C1C2CCC(C[C@@H]1c1ccc(Cl)cc1)N2C. The average Bonchev–Trinajstić information content (AvgIpc) is 2.71. The molecule has 3 rings (SSSR count). The maximum atomic E-state index is 12.7. The van der Waals surface area contributed by atoms with Crippen molar-refractivity contribution < 1.29 is 9.53 Å². The summed E-state index contributed by atoms with van der Waals surface area (Å²) >= 11 is 6.01. The lowest BCUT2D eigenvalue weighted by atomic mass is 9.76. The van der Waals surface area contributed by atoms with Crippen LogP contribution in [0, 0.1) is 5.92 Å². The quantitative estimate of drug-likeness (QED) is 0.792. The number of fused-ring (bicyclic) bond motifs is 2. The summed E-state index contributed by atoms with van der Waals surface area (Å²) in [5.41, 5.74) is 1.21. The zero-order chi connectivity index (χ0) is 15.9. The van der Waals surface area contributed by atoms with Crippen LogP contribution in [0.4, 0.5) is 0 Å². The summed E-state index contributed by atoms with van der Waals surface area (Å²) in [5.74, 6) is 0.108. The van der Waals surface area contributed by atoms with Gasteiger partial charge in [0.15, 0.2) is 0 Å². The normalized spacial score (nSPS) is 31.5. The van der Waals surface area contributed by atoms with Crippen LogP contribution < -0.4 is 0 Å². The van der Waals surface area contributed by atoms with Crippen LogP contribution in [0.2, 0.25) is 5.02 Å². The standard InChI is InChI=1S/C18H24ClNO2/c1-11(2)22-18(21)17-15(12-4-6-13(19)7-5-12)10-14-8-9-16(17)20(14)3/h4-7,11,14-17H,8-10H2,1-3H3/t14?,15-,16?,17?/m1/s1. The smallest absolute Gasteiger partial charge is 0.311 e. The van der Waals surface area contributed by atoms with E-state index < -0.39 is 0 Å². The van der Waals surface area contributed by atoms with Crippen molar-refractivity contribution in [2.24, 2.45) is 5.92 Å². The number of carbonyl (C=O) groups excluding carboxylic acids is 1. The van der Waals surface area contributed by atoms with E-state index in [1.807, 2.05) is 26.0 Å². The molecule has 2 saturated heterocycles. The van der Waals surface area contributed by atoms with Crippen LogP contribution in [0.5, 0.6) is 0 Å². The van der Waals surface area contributed by atoms with Crippen LogP contribution in [0.15, 0.2) is 24.3 Å². The van der Waals surface area contributed by atoms with E-state index in [4.69, 9.17) is 16.3 Å². The van der Waals surface area contributed by atoms with Gasteiger partial charge in [-0.25, -0.2) is 0 Å². The molecule has 0 saturated carbocycles. The Hall–Kier alpha value is -1.06. The van der Waals surface area contributed by atoms with Gasteiger partial charge < -0.3 is 4.74 Å². The highest BCUT2D eigenvalue weighted by Gasteiger charge is 2.49. The molecule has 2 aliphatic heterocycles. The molecule has 2 aliphatic rings. The molecule has 22 heavy (non-hydrogen) atoms. The van der Waals surface area contributed by atoms with Gasteiger partial charge in [-0.15, -0.1) is 0 Å². The van der Waals surface area contributed by atoms with Gasteiger partial charge in [0.2, 0.25) is 0 Å². The monoisotopic (exact) mass is 321 g/mol. The van der Waals surface area contributed by atoms with Crippen molar-refractivity contribution in [1.29, 1.82) is 0 Å². The summed E-state index contributed by atoms with van der Waals surface area (Å²) in [6.07, 6.45) is 3.22. The number of piperidine rings is 1. The van der Waals surface area contributed by atoms with Crippen molar-refractivity contribution in [2.45, 2.75) is 57.2 Å². The molecule has 0 N–H and O–H groups in total. The molecular formula is C18H24ClNO2. The van der Waals surface area contributed by atoms with Gasteiger partial charge in [-0.05, 0) is 57.9 Å². The highest BCUT2D eigenvalue weighted by atomic mass is 35.5. The number of hydrogen-bond acceptors (Lipinski definition) is 3. The minimum absolute atomic E-state index is 0.0489. The van der Waals surface area contributed by atoms with Crippen molar-refractivity contribution in [1.82, 2.24) is 4.90 Å². The minimum atomic E-state index is -0.0766. The van der Waals surface area contributed by atoms with E-state index in [1.54, 1.807) is 0 Å². The molecule has 3 nitrogen and oxygen atoms in total. The average molecular weight is 322 g/mol. The molecule has 120 valence electrons. The second kappa shape index (κ2) is 6.21. The van der Waals surface area contributed by atoms with E-state index in [0.717, 1.165) is 17.9 Å². The lowest BCUT2D eigenvalue weighted by molar-refractivity contribution is -0.157. The predicted octanol–water partition coefficient (Wildman–Crippen LogP) is 3.86. The largest absolute Gasteiger partial charge is 0.463 e. The molecule has 1 aromatic rings. The Morgan fingerprint density at radius 2 is 1.95 bits per heavy atom. The van der Waals surface area contributed by atoms with Crippen molar-refractivity contribution in [2.75, 3.05) is 7.05 Å². The first-order chi connectivity index (χ1) is 10.5. The summed E-state index contributed by atoms with van der Waals surface area (Å²) in [6, 6.07) is 8.84. The van der Waals surface area contributed by atoms with E-state index in [-0.39, 0.29) is 23.9 Å². The lowest BCUT2D eigenvalue weighted by Gasteiger charge is -2.42. The maximum Gasteiger partial charge on any atom is 0.311 e. The molecule has 2 heterocycles. The maximum absolute atomic E-state index is 12.7. The Bertz CT molecular complexity index is 543. The molecule has 3 unspecified atom stereocenters. The van der Waals surface area contributed by atoms with Gasteiger partial charge in [-0.1, -0.05) is 23.7 Å². The van der Waals surface area contributed by atoms with Crippen molar-refractivity contribution >= 4 is 17.6 Å². The summed E-state index contributed by atoms with van der Waals surface area (Å²) in [6.45, 7) is 3.83. The molecule has 0 aliphatic carbocycles. The molecule has 0 aromatic heterocycles. The number of rotatable bonds is 3. The van der Waals surface area contributed by atoms with Crippen LogP contribution in [0.25, 0.3) is 0 Å². The molecule has 0 amide bonds. The first-order valence-corrected chi connectivity index (χ1v) is 8.53. The molecule has 1 aromatic carbocycles. The number of carbonyl (C=O) groups is 1. The van der Waals surface area contributed by atoms with Crippen LogP contribution >= 0.6 is 11.6 Å². The molecule has 4 heteroatoms. The Morgan fingerprint density at radius 3 is 2.59 bits per heavy atom. The van der Waals surface area contributed by atoms with Crippen molar-refractivity contribution in [3.8, 4) is 0 Å². The fraction of sp³-hybridized carbons (Fsp3) is 0.611. The Labute approximate surface area is 137 Å². The Balaban J connectivity index is 1.91. The lowest BCUT2D eigenvalue weighted by Crippen LogP contribution is -2.49. The third-order valence-electron chi connectivity index (χ3n) is 5.19. The van der Waals surface area contributed by atoms with E-state index >= 15 is 0 Å². The molecule has 2 fully saturated rings. The van der Waals surface area contributed by atoms with E-state index in [2.05, 4.69) is 24.1 Å². The molecule has 0 radical (unpaired) electrons. The number of benzene rings is 1.